The highest BCUT2D eigenvalue weighted by Crippen LogP contribution is 2.10. The lowest BCUT2D eigenvalue weighted by atomic mass is 10.2. The Labute approximate surface area is 110 Å². The third-order valence-electron chi connectivity index (χ3n) is 2.89. The molecule has 0 bridgehead atoms. The van der Waals surface area contributed by atoms with Crippen molar-refractivity contribution in [3.05, 3.63) is 35.2 Å². The molecule has 2 aromatic rings. The zero-order valence-electron chi connectivity index (χ0n) is 11.0. The lowest BCUT2D eigenvalue weighted by molar-refractivity contribution is 0.425. The molecule has 0 aromatic carbocycles. The fourth-order valence-electron chi connectivity index (χ4n) is 1.90. The van der Waals surface area contributed by atoms with Crippen LogP contribution in [0.2, 0.25) is 0 Å². The number of rotatable bonds is 6. The van der Waals surface area contributed by atoms with Gasteiger partial charge in [0.15, 0.2) is 0 Å². The molecule has 19 heavy (non-hydrogen) atoms. The van der Waals surface area contributed by atoms with Crippen molar-refractivity contribution in [1.29, 1.82) is 0 Å². The van der Waals surface area contributed by atoms with Gasteiger partial charge in [0, 0.05) is 31.9 Å². The average molecular weight is 269 g/mol. The van der Waals surface area contributed by atoms with E-state index in [2.05, 4.69) is 15.5 Å². The number of hydrogen-bond acceptors (Lipinski definition) is 3. The second-order valence-corrected chi connectivity index (χ2v) is 4.34. The molecule has 0 atom stereocenters. The molecule has 0 spiro atoms. The van der Waals surface area contributed by atoms with E-state index in [0.29, 0.717) is 24.3 Å². The van der Waals surface area contributed by atoms with Gasteiger partial charge in [-0.1, -0.05) is 0 Å². The Balaban J connectivity index is 1.89. The molecule has 2 rings (SSSR count). The number of hydrogen-bond donors (Lipinski definition) is 1. The van der Waals surface area contributed by atoms with Crippen LogP contribution in [-0.2, 0) is 26.7 Å². The molecule has 0 saturated heterocycles. The van der Waals surface area contributed by atoms with Crippen LogP contribution < -0.4 is 5.32 Å². The molecule has 2 heterocycles. The Hall–Kier alpha value is -1.76. The maximum Gasteiger partial charge on any atom is 0.215 e. The highest BCUT2D eigenvalue weighted by atomic mass is 19.1. The van der Waals surface area contributed by atoms with E-state index in [4.69, 9.17) is 0 Å². The van der Waals surface area contributed by atoms with E-state index in [9.17, 15) is 8.78 Å². The van der Waals surface area contributed by atoms with Crippen LogP contribution in [0.15, 0.2) is 12.3 Å². The molecule has 0 fully saturated rings. The van der Waals surface area contributed by atoms with Crippen LogP contribution >= 0.6 is 0 Å². The quantitative estimate of drug-likeness (QED) is 0.860. The second kappa shape index (κ2) is 5.92. The normalized spacial score (nSPS) is 11.2. The summed E-state index contributed by atoms with van der Waals surface area (Å²) in [5.74, 6) is -0.326. The maximum atomic E-state index is 13.7. The minimum Gasteiger partial charge on any atom is -0.307 e. The fraction of sp³-hybridized carbons (Fsp3) is 0.500. The summed E-state index contributed by atoms with van der Waals surface area (Å²) in [6, 6.07) is 1.81. The van der Waals surface area contributed by atoms with Gasteiger partial charge in [-0.05, 0) is 13.0 Å². The van der Waals surface area contributed by atoms with Crippen molar-refractivity contribution in [2.75, 3.05) is 6.67 Å². The first-order valence-electron chi connectivity index (χ1n) is 6.08. The number of nitrogens with zero attached hydrogens (tertiary/aromatic N) is 4. The molecule has 5 nitrogen and oxygen atoms in total. The van der Waals surface area contributed by atoms with Crippen molar-refractivity contribution in [3.8, 4) is 0 Å². The topological polar surface area (TPSA) is 47.7 Å². The molecule has 0 radical (unpaired) electrons. The standard InChI is InChI=1S/C12H17F2N5/c1-9-11(12(14)18(2)16-9)8-15-7-10-3-5-19(17-10)6-4-13/h3,5,15H,4,6-8H2,1-2H3. The van der Waals surface area contributed by atoms with Crippen molar-refractivity contribution in [2.45, 2.75) is 26.6 Å². The molecule has 0 unspecified atom stereocenters. The highest BCUT2D eigenvalue weighted by Gasteiger charge is 2.12. The third-order valence-corrected chi connectivity index (χ3v) is 2.89. The predicted molar refractivity (Wildman–Crippen MR) is 66.6 cm³/mol. The van der Waals surface area contributed by atoms with Gasteiger partial charge in [0.05, 0.1) is 17.9 Å². The Morgan fingerprint density at radius 1 is 1.32 bits per heavy atom. The SMILES string of the molecule is Cc1nn(C)c(F)c1CNCc1ccn(CCF)n1. The fourth-order valence-corrected chi connectivity index (χ4v) is 1.90. The first-order chi connectivity index (χ1) is 9.11. The number of alkyl halides is 1. The predicted octanol–water partition coefficient (Wildman–Crippen LogP) is 1.32. The van der Waals surface area contributed by atoms with Gasteiger partial charge in [0.2, 0.25) is 5.95 Å². The monoisotopic (exact) mass is 269 g/mol. The van der Waals surface area contributed by atoms with Gasteiger partial charge >= 0.3 is 0 Å². The summed E-state index contributed by atoms with van der Waals surface area (Å²) in [5.41, 5.74) is 2.04. The Bertz CT molecular complexity index is 546. The van der Waals surface area contributed by atoms with Gasteiger partial charge in [0.25, 0.3) is 0 Å². The van der Waals surface area contributed by atoms with Crippen LogP contribution in [0.4, 0.5) is 8.78 Å². The summed E-state index contributed by atoms with van der Waals surface area (Å²) in [7, 11) is 1.57. The van der Waals surface area contributed by atoms with Gasteiger partial charge in [-0.3, -0.25) is 4.68 Å². The van der Waals surface area contributed by atoms with E-state index in [1.165, 1.54) is 4.68 Å². The van der Waals surface area contributed by atoms with Crippen molar-refractivity contribution < 1.29 is 8.78 Å². The van der Waals surface area contributed by atoms with E-state index < -0.39 is 6.67 Å². The molecule has 0 amide bonds. The van der Waals surface area contributed by atoms with Crippen molar-refractivity contribution in [2.24, 2.45) is 7.05 Å². The maximum absolute atomic E-state index is 13.7. The van der Waals surface area contributed by atoms with E-state index >= 15 is 0 Å². The molecular weight excluding hydrogens is 252 g/mol. The lowest BCUT2D eigenvalue weighted by Gasteiger charge is -2.02. The van der Waals surface area contributed by atoms with Crippen LogP contribution in [0.5, 0.6) is 0 Å². The molecule has 0 saturated carbocycles. The number of aromatic nitrogens is 4. The molecular formula is C12H17F2N5. The van der Waals surface area contributed by atoms with Crippen molar-refractivity contribution in [3.63, 3.8) is 0 Å². The van der Waals surface area contributed by atoms with Crippen molar-refractivity contribution in [1.82, 2.24) is 24.9 Å². The largest absolute Gasteiger partial charge is 0.307 e. The van der Waals surface area contributed by atoms with Crippen LogP contribution in [0.25, 0.3) is 0 Å². The first-order valence-corrected chi connectivity index (χ1v) is 6.08. The van der Waals surface area contributed by atoms with Crippen LogP contribution in [0.3, 0.4) is 0 Å². The first kappa shape index (κ1) is 13.7. The second-order valence-electron chi connectivity index (χ2n) is 4.34. The molecule has 1 N–H and O–H groups in total. The van der Waals surface area contributed by atoms with Gasteiger partial charge in [0.1, 0.15) is 6.67 Å². The van der Waals surface area contributed by atoms with E-state index in [1.54, 1.807) is 24.9 Å². The van der Waals surface area contributed by atoms with E-state index in [0.717, 1.165) is 5.69 Å². The zero-order chi connectivity index (χ0) is 13.8. The summed E-state index contributed by atoms with van der Waals surface area (Å²) in [4.78, 5) is 0. The van der Waals surface area contributed by atoms with Crippen molar-refractivity contribution >= 4 is 0 Å². The van der Waals surface area contributed by atoms with Crippen LogP contribution in [-0.4, -0.2) is 26.2 Å². The highest BCUT2D eigenvalue weighted by molar-refractivity contribution is 5.17. The third kappa shape index (κ3) is 3.17. The summed E-state index contributed by atoms with van der Waals surface area (Å²) >= 11 is 0. The van der Waals surface area contributed by atoms with Gasteiger partial charge in [-0.2, -0.15) is 14.6 Å². The Kier molecular flexibility index (Phi) is 4.26. The average Bonchev–Trinajstić information content (AvgIpc) is 2.90. The Morgan fingerprint density at radius 3 is 2.74 bits per heavy atom. The van der Waals surface area contributed by atoms with E-state index in [1.807, 2.05) is 6.07 Å². The summed E-state index contributed by atoms with van der Waals surface area (Å²) in [5, 5.41) is 11.3. The van der Waals surface area contributed by atoms with Gasteiger partial charge < -0.3 is 5.32 Å². The molecule has 0 aliphatic heterocycles. The number of halogens is 2. The minimum absolute atomic E-state index is 0.260. The summed E-state index contributed by atoms with van der Waals surface area (Å²) < 4.78 is 28.6. The molecule has 0 aliphatic rings. The van der Waals surface area contributed by atoms with E-state index in [-0.39, 0.29) is 12.5 Å². The molecule has 0 aliphatic carbocycles. The molecule has 7 heteroatoms. The lowest BCUT2D eigenvalue weighted by Crippen LogP contribution is -2.15. The summed E-state index contributed by atoms with van der Waals surface area (Å²) in [6.07, 6.45) is 1.73. The smallest absolute Gasteiger partial charge is 0.215 e. The molecule has 2 aromatic heterocycles. The molecule has 104 valence electrons. The van der Waals surface area contributed by atoms with Crippen LogP contribution in [0, 0.1) is 12.9 Å². The summed E-state index contributed by atoms with van der Waals surface area (Å²) in [6.45, 7) is 2.50. The number of nitrogens with one attached hydrogen (secondary N) is 1. The van der Waals surface area contributed by atoms with Gasteiger partial charge in [-0.25, -0.2) is 9.07 Å². The van der Waals surface area contributed by atoms with Crippen LogP contribution in [0.1, 0.15) is 17.0 Å². The number of aryl methyl sites for hydroxylation is 3. The zero-order valence-corrected chi connectivity index (χ0v) is 11.0. The minimum atomic E-state index is -0.436. The Morgan fingerprint density at radius 2 is 2.11 bits per heavy atom. The van der Waals surface area contributed by atoms with Gasteiger partial charge in [-0.15, -0.1) is 0 Å².